The first-order valence-electron chi connectivity index (χ1n) is 6.11. The van der Waals surface area contributed by atoms with Crippen molar-refractivity contribution in [1.29, 1.82) is 0 Å². The molecule has 2 rings (SSSR count). The van der Waals surface area contributed by atoms with Gasteiger partial charge in [0.15, 0.2) is 0 Å². The molecule has 0 spiro atoms. The standard InChI is InChI=1S/C16H20O/c1-12(2)8-9-13-6-5-7-14-10-11-16(3,4)17-15(13)14/h5-8,10-11H,9H2,1-4H3. The molecule has 1 aliphatic rings. The molecule has 1 heterocycles. The average molecular weight is 228 g/mol. The summed E-state index contributed by atoms with van der Waals surface area (Å²) in [7, 11) is 0. The molecule has 90 valence electrons. The number of benzene rings is 1. The lowest BCUT2D eigenvalue weighted by Gasteiger charge is -2.29. The summed E-state index contributed by atoms with van der Waals surface area (Å²) in [6, 6.07) is 6.35. The van der Waals surface area contributed by atoms with Crippen molar-refractivity contribution < 1.29 is 4.74 Å². The molecule has 0 amide bonds. The number of hydrogen-bond acceptors (Lipinski definition) is 1. The fraction of sp³-hybridized carbons (Fsp3) is 0.375. The number of para-hydroxylation sites is 1. The molecule has 0 saturated carbocycles. The van der Waals surface area contributed by atoms with E-state index in [1.54, 1.807) is 0 Å². The molecule has 0 bridgehead atoms. The summed E-state index contributed by atoms with van der Waals surface area (Å²) in [5.41, 5.74) is 3.59. The predicted octanol–water partition coefficient (Wildman–Crippen LogP) is 4.38. The number of hydrogen-bond donors (Lipinski definition) is 0. The first kappa shape index (κ1) is 12.0. The second-order valence-electron chi connectivity index (χ2n) is 5.36. The first-order chi connectivity index (χ1) is 7.98. The van der Waals surface area contributed by atoms with Gasteiger partial charge < -0.3 is 4.74 Å². The number of allylic oxidation sites excluding steroid dienone is 2. The maximum absolute atomic E-state index is 6.07. The summed E-state index contributed by atoms with van der Waals surface area (Å²) in [5, 5.41) is 0. The lowest BCUT2D eigenvalue weighted by molar-refractivity contribution is 0.157. The fourth-order valence-electron chi connectivity index (χ4n) is 1.92. The summed E-state index contributed by atoms with van der Waals surface area (Å²) in [5.74, 6) is 1.04. The van der Waals surface area contributed by atoms with Crippen LogP contribution in [0.15, 0.2) is 35.9 Å². The molecule has 1 heteroatoms. The first-order valence-corrected chi connectivity index (χ1v) is 6.11. The van der Waals surface area contributed by atoms with Gasteiger partial charge in [0, 0.05) is 5.56 Å². The highest BCUT2D eigenvalue weighted by molar-refractivity contribution is 5.63. The Kier molecular flexibility index (Phi) is 3.10. The van der Waals surface area contributed by atoms with Crippen LogP contribution in [-0.4, -0.2) is 5.60 Å². The van der Waals surface area contributed by atoms with Crippen LogP contribution in [0.1, 0.15) is 38.8 Å². The zero-order chi connectivity index (χ0) is 12.5. The van der Waals surface area contributed by atoms with Crippen LogP contribution in [-0.2, 0) is 6.42 Å². The molecule has 1 aromatic carbocycles. The maximum atomic E-state index is 6.07. The van der Waals surface area contributed by atoms with Crippen LogP contribution >= 0.6 is 0 Å². The smallest absolute Gasteiger partial charge is 0.131 e. The van der Waals surface area contributed by atoms with Crippen molar-refractivity contribution in [3.63, 3.8) is 0 Å². The molecule has 1 nitrogen and oxygen atoms in total. The molecule has 0 saturated heterocycles. The summed E-state index contributed by atoms with van der Waals surface area (Å²) < 4.78 is 6.07. The summed E-state index contributed by atoms with van der Waals surface area (Å²) in [4.78, 5) is 0. The summed E-state index contributed by atoms with van der Waals surface area (Å²) in [6.45, 7) is 8.43. The molecular formula is C16H20O. The van der Waals surface area contributed by atoms with Gasteiger partial charge in [0.25, 0.3) is 0 Å². The van der Waals surface area contributed by atoms with Gasteiger partial charge in [0.2, 0.25) is 0 Å². The van der Waals surface area contributed by atoms with Crippen molar-refractivity contribution >= 4 is 6.08 Å². The Balaban J connectivity index is 2.37. The van der Waals surface area contributed by atoms with E-state index in [2.05, 4.69) is 64.1 Å². The monoisotopic (exact) mass is 228 g/mol. The minimum absolute atomic E-state index is 0.200. The lowest BCUT2D eigenvalue weighted by Crippen LogP contribution is -2.28. The lowest BCUT2D eigenvalue weighted by atomic mass is 9.98. The quantitative estimate of drug-likeness (QED) is 0.682. The molecule has 0 N–H and O–H groups in total. The molecule has 1 aliphatic heterocycles. The van der Waals surface area contributed by atoms with Crippen molar-refractivity contribution in [3.05, 3.63) is 47.1 Å². The highest BCUT2D eigenvalue weighted by Crippen LogP contribution is 2.34. The summed E-state index contributed by atoms with van der Waals surface area (Å²) in [6.07, 6.45) is 7.45. The third kappa shape index (κ3) is 2.79. The van der Waals surface area contributed by atoms with Gasteiger partial charge in [-0.15, -0.1) is 0 Å². The Hall–Kier alpha value is -1.50. The number of rotatable bonds is 2. The molecule has 0 unspecified atom stereocenters. The average Bonchev–Trinajstić information content (AvgIpc) is 2.25. The minimum Gasteiger partial charge on any atom is -0.483 e. The maximum Gasteiger partial charge on any atom is 0.131 e. The second kappa shape index (κ2) is 4.40. The molecule has 0 radical (unpaired) electrons. The predicted molar refractivity (Wildman–Crippen MR) is 73.3 cm³/mol. The molecular weight excluding hydrogens is 208 g/mol. The molecule has 0 fully saturated rings. The van der Waals surface area contributed by atoms with E-state index in [1.165, 1.54) is 16.7 Å². The van der Waals surface area contributed by atoms with Crippen LogP contribution in [0.5, 0.6) is 5.75 Å². The Labute approximate surface area is 104 Å². The zero-order valence-corrected chi connectivity index (χ0v) is 11.1. The topological polar surface area (TPSA) is 9.23 Å². The molecule has 17 heavy (non-hydrogen) atoms. The van der Waals surface area contributed by atoms with Crippen LogP contribution in [0.2, 0.25) is 0 Å². The fourth-order valence-corrected chi connectivity index (χ4v) is 1.92. The highest BCUT2D eigenvalue weighted by Gasteiger charge is 2.23. The minimum atomic E-state index is -0.200. The van der Waals surface area contributed by atoms with Gasteiger partial charge in [0.05, 0.1) is 0 Å². The van der Waals surface area contributed by atoms with Gasteiger partial charge in [0.1, 0.15) is 11.4 Å². The van der Waals surface area contributed by atoms with Crippen molar-refractivity contribution in [3.8, 4) is 5.75 Å². The third-order valence-corrected chi connectivity index (χ3v) is 2.89. The Morgan fingerprint density at radius 1 is 1.29 bits per heavy atom. The number of fused-ring (bicyclic) bond motifs is 1. The molecule has 0 aromatic heterocycles. The van der Waals surface area contributed by atoms with Gasteiger partial charge in [-0.05, 0) is 45.8 Å². The van der Waals surface area contributed by atoms with Gasteiger partial charge >= 0.3 is 0 Å². The van der Waals surface area contributed by atoms with Gasteiger partial charge in [-0.2, -0.15) is 0 Å². The van der Waals surface area contributed by atoms with Gasteiger partial charge in [-0.1, -0.05) is 35.9 Å². The van der Waals surface area contributed by atoms with Crippen LogP contribution < -0.4 is 4.74 Å². The molecule has 1 aromatic rings. The van der Waals surface area contributed by atoms with E-state index in [-0.39, 0.29) is 5.60 Å². The van der Waals surface area contributed by atoms with Crippen molar-refractivity contribution in [2.24, 2.45) is 0 Å². The highest BCUT2D eigenvalue weighted by atomic mass is 16.5. The van der Waals surface area contributed by atoms with Crippen molar-refractivity contribution in [1.82, 2.24) is 0 Å². The van der Waals surface area contributed by atoms with E-state index in [9.17, 15) is 0 Å². The number of ether oxygens (including phenoxy) is 1. The largest absolute Gasteiger partial charge is 0.483 e. The van der Waals surface area contributed by atoms with Crippen LogP contribution in [0, 0.1) is 0 Å². The Bertz CT molecular complexity index is 474. The molecule has 0 aliphatic carbocycles. The van der Waals surface area contributed by atoms with Crippen molar-refractivity contribution in [2.45, 2.75) is 39.7 Å². The summed E-state index contributed by atoms with van der Waals surface area (Å²) >= 11 is 0. The van der Waals surface area contributed by atoms with Crippen LogP contribution in [0.25, 0.3) is 6.08 Å². The normalized spacial score (nSPS) is 16.0. The molecule has 0 atom stereocenters. The Morgan fingerprint density at radius 2 is 2.06 bits per heavy atom. The zero-order valence-electron chi connectivity index (χ0n) is 11.1. The van der Waals surface area contributed by atoms with Gasteiger partial charge in [-0.25, -0.2) is 0 Å². The SMILES string of the molecule is CC(C)=CCc1cccc2c1OC(C)(C)C=C2. The Morgan fingerprint density at radius 3 is 2.76 bits per heavy atom. The van der Waals surface area contributed by atoms with Crippen LogP contribution in [0.3, 0.4) is 0 Å². The van der Waals surface area contributed by atoms with E-state index < -0.39 is 0 Å². The van der Waals surface area contributed by atoms with Gasteiger partial charge in [-0.3, -0.25) is 0 Å². The van der Waals surface area contributed by atoms with Crippen molar-refractivity contribution in [2.75, 3.05) is 0 Å². The van der Waals surface area contributed by atoms with Crippen LogP contribution in [0.4, 0.5) is 0 Å². The second-order valence-corrected chi connectivity index (χ2v) is 5.36. The van der Waals surface area contributed by atoms with E-state index in [1.807, 2.05) is 0 Å². The van der Waals surface area contributed by atoms with E-state index >= 15 is 0 Å². The third-order valence-electron chi connectivity index (χ3n) is 2.89. The van der Waals surface area contributed by atoms with E-state index in [0.717, 1.165) is 12.2 Å². The van der Waals surface area contributed by atoms with E-state index in [4.69, 9.17) is 4.74 Å². The van der Waals surface area contributed by atoms with E-state index in [0.29, 0.717) is 0 Å².